The first-order chi connectivity index (χ1) is 30.7. The van der Waals surface area contributed by atoms with E-state index in [1.807, 2.05) is 4.68 Å². The van der Waals surface area contributed by atoms with Crippen molar-refractivity contribution < 1.29 is 0 Å². The van der Waals surface area contributed by atoms with Crippen LogP contribution in [0.4, 0.5) is 0 Å². The van der Waals surface area contributed by atoms with Gasteiger partial charge in [-0.3, -0.25) is 0 Å². The minimum atomic E-state index is 0.688. The van der Waals surface area contributed by atoms with Gasteiger partial charge in [-0.05, 0) is 110 Å². The molecule has 0 bridgehead atoms. The summed E-state index contributed by atoms with van der Waals surface area (Å²) in [7, 11) is 0. The van der Waals surface area contributed by atoms with Gasteiger partial charge in [0.25, 0.3) is 0 Å². The van der Waals surface area contributed by atoms with E-state index < -0.39 is 0 Å². The lowest BCUT2D eigenvalue weighted by Crippen LogP contribution is -2.00. The van der Waals surface area contributed by atoms with Crippen molar-refractivity contribution in [2.75, 3.05) is 0 Å². The molecule has 62 heavy (non-hydrogen) atoms. The second-order valence-electron chi connectivity index (χ2n) is 15.9. The summed E-state index contributed by atoms with van der Waals surface area (Å²) >= 11 is 0. The van der Waals surface area contributed by atoms with Gasteiger partial charge in [0.1, 0.15) is 0 Å². The molecule has 4 heteroatoms. The molecule has 0 amide bonds. The van der Waals surface area contributed by atoms with E-state index in [-0.39, 0.29) is 0 Å². The molecule has 0 aliphatic rings. The van der Waals surface area contributed by atoms with Crippen molar-refractivity contribution >= 4 is 43.4 Å². The summed E-state index contributed by atoms with van der Waals surface area (Å²) in [6.07, 6.45) is 0. The van der Waals surface area contributed by atoms with Crippen LogP contribution in [0.2, 0.25) is 0 Å². The van der Waals surface area contributed by atoms with Crippen molar-refractivity contribution in [1.29, 1.82) is 0 Å². The predicted octanol–water partition coefficient (Wildman–Crippen LogP) is 15.0. The molecule has 0 fully saturated rings. The van der Waals surface area contributed by atoms with Gasteiger partial charge in [-0.15, -0.1) is 5.10 Å². The standard InChI is InChI=1S/C58H38N4/c1-2-18-47(19-3-1)61-55-25-13-12-24-53(55)54-38-44(32-35-56(54)61)50-21-9-11-23-52(50)51-22-10-8-20-49(51)41-30-33-48(34-31-41)62-58(46-29-27-40-15-5-7-17-43(40)37-46)59-57(60-62)45-28-26-39-14-4-6-16-42(39)36-45/h1-38H. The molecule has 2 aromatic heterocycles. The van der Waals surface area contributed by atoms with Crippen LogP contribution in [0, 0.1) is 0 Å². The molecule has 0 spiro atoms. The monoisotopic (exact) mass is 790 g/mol. The van der Waals surface area contributed by atoms with Crippen molar-refractivity contribution in [2.45, 2.75) is 0 Å². The molecule has 12 rings (SSSR count). The Kier molecular flexibility index (Phi) is 8.46. The molecule has 0 N–H and O–H groups in total. The summed E-state index contributed by atoms with van der Waals surface area (Å²) in [5.74, 6) is 1.48. The van der Waals surface area contributed by atoms with Crippen molar-refractivity contribution in [3.63, 3.8) is 0 Å². The zero-order valence-electron chi connectivity index (χ0n) is 33.7. The largest absolute Gasteiger partial charge is 0.309 e. The number of fused-ring (bicyclic) bond motifs is 5. The van der Waals surface area contributed by atoms with Gasteiger partial charge in [0.15, 0.2) is 11.6 Å². The number of aromatic nitrogens is 4. The molecule has 0 radical (unpaired) electrons. The van der Waals surface area contributed by atoms with Crippen LogP contribution in [0.25, 0.3) is 111 Å². The fraction of sp³-hybridized carbons (Fsp3) is 0. The zero-order chi connectivity index (χ0) is 41.0. The van der Waals surface area contributed by atoms with E-state index in [4.69, 9.17) is 10.1 Å². The maximum Gasteiger partial charge on any atom is 0.182 e. The lowest BCUT2D eigenvalue weighted by molar-refractivity contribution is 0.891. The van der Waals surface area contributed by atoms with Crippen molar-refractivity contribution in [3.8, 4) is 67.5 Å². The van der Waals surface area contributed by atoms with Crippen LogP contribution in [0.15, 0.2) is 231 Å². The van der Waals surface area contributed by atoms with Crippen LogP contribution < -0.4 is 0 Å². The first-order valence-corrected chi connectivity index (χ1v) is 21.1. The smallest absolute Gasteiger partial charge is 0.182 e. The Morgan fingerprint density at radius 2 is 0.823 bits per heavy atom. The fourth-order valence-electron chi connectivity index (χ4n) is 9.18. The summed E-state index contributed by atoms with van der Waals surface area (Å²) in [5.41, 5.74) is 13.5. The number of para-hydroxylation sites is 2. The van der Waals surface area contributed by atoms with Crippen LogP contribution in [0.5, 0.6) is 0 Å². The zero-order valence-corrected chi connectivity index (χ0v) is 33.7. The molecular formula is C58H38N4. The Morgan fingerprint density at radius 1 is 0.306 bits per heavy atom. The summed E-state index contributed by atoms with van der Waals surface area (Å²) < 4.78 is 4.36. The third kappa shape index (κ3) is 6.08. The van der Waals surface area contributed by atoms with E-state index in [1.165, 1.54) is 60.4 Å². The highest BCUT2D eigenvalue weighted by molar-refractivity contribution is 6.11. The Hall–Kier alpha value is -8.34. The Bertz CT molecular complexity index is 3630. The van der Waals surface area contributed by atoms with Crippen LogP contribution in [-0.2, 0) is 0 Å². The second kappa shape index (κ2) is 14.7. The second-order valence-corrected chi connectivity index (χ2v) is 15.9. The highest BCUT2D eigenvalue weighted by Crippen LogP contribution is 2.41. The van der Waals surface area contributed by atoms with E-state index in [0.717, 1.165) is 44.7 Å². The first kappa shape index (κ1) is 35.6. The number of benzene rings is 10. The maximum absolute atomic E-state index is 5.22. The third-order valence-corrected chi connectivity index (χ3v) is 12.2. The Balaban J connectivity index is 0.947. The summed E-state index contributed by atoms with van der Waals surface area (Å²) in [6, 6.07) is 82.4. The van der Waals surface area contributed by atoms with Gasteiger partial charge in [0.05, 0.1) is 16.7 Å². The van der Waals surface area contributed by atoms with Crippen LogP contribution >= 0.6 is 0 Å². The van der Waals surface area contributed by atoms with E-state index in [9.17, 15) is 0 Å². The lowest BCUT2D eigenvalue weighted by atomic mass is 9.89. The Labute approximate surface area is 359 Å². The molecule has 0 aliphatic carbocycles. The van der Waals surface area contributed by atoms with E-state index in [2.05, 4.69) is 235 Å². The third-order valence-electron chi connectivity index (χ3n) is 12.2. The maximum atomic E-state index is 5.22. The van der Waals surface area contributed by atoms with Gasteiger partial charge < -0.3 is 4.57 Å². The molecule has 0 aliphatic heterocycles. The Morgan fingerprint density at radius 3 is 1.53 bits per heavy atom. The predicted molar refractivity (Wildman–Crippen MR) is 258 cm³/mol. The SMILES string of the molecule is c1ccc(-n2c3ccccc3c3cc(-c4ccccc4-c4ccccc4-c4ccc(-n5nc(-c6ccc7ccccc7c6)nc5-c5ccc6ccccc6c5)cc4)ccc32)cc1. The van der Waals surface area contributed by atoms with E-state index >= 15 is 0 Å². The molecule has 2 heterocycles. The van der Waals surface area contributed by atoms with Crippen molar-refractivity contribution in [3.05, 3.63) is 231 Å². The molecule has 0 atom stereocenters. The summed E-state index contributed by atoms with van der Waals surface area (Å²) in [4.78, 5) is 5.22. The fourth-order valence-corrected chi connectivity index (χ4v) is 9.18. The molecular weight excluding hydrogens is 753 g/mol. The quantitative estimate of drug-likeness (QED) is 0.161. The molecule has 0 saturated carbocycles. The average molecular weight is 791 g/mol. The van der Waals surface area contributed by atoms with E-state index in [0.29, 0.717) is 5.82 Å². The van der Waals surface area contributed by atoms with Gasteiger partial charge in [0.2, 0.25) is 0 Å². The lowest BCUT2D eigenvalue weighted by Gasteiger charge is -2.15. The van der Waals surface area contributed by atoms with E-state index in [1.54, 1.807) is 0 Å². The summed E-state index contributed by atoms with van der Waals surface area (Å²) in [6.45, 7) is 0. The molecule has 0 saturated heterocycles. The number of nitrogens with zero attached hydrogens (tertiary/aromatic N) is 4. The summed E-state index contributed by atoms with van der Waals surface area (Å²) in [5, 5.41) is 12.4. The molecule has 0 unspecified atom stereocenters. The minimum absolute atomic E-state index is 0.688. The number of hydrogen-bond donors (Lipinski definition) is 0. The molecule has 290 valence electrons. The average Bonchev–Trinajstić information content (AvgIpc) is 3.94. The number of rotatable bonds is 7. The van der Waals surface area contributed by atoms with Crippen LogP contribution in [-0.4, -0.2) is 19.3 Å². The van der Waals surface area contributed by atoms with Crippen molar-refractivity contribution in [2.24, 2.45) is 0 Å². The van der Waals surface area contributed by atoms with Crippen molar-refractivity contribution in [1.82, 2.24) is 19.3 Å². The molecule has 12 aromatic rings. The highest BCUT2D eigenvalue weighted by atomic mass is 15.4. The number of hydrogen-bond acceptors (Lipinski definition) is 2. The van der Waals surface area contributed by atoms with Gasteiger partial charge in [-0.2, -0.15) is 0 Å². The molecule has 4 nitrogen and oxygen atoms in total. The van der Waals surface area contributed by atoms with Gasteiger partial charge in [0, 0.05) is 27.6 Å². The molecule has 10 aromatic carbocycles. The van der Waals surface area contributed by atoms with Gasteiger partial charge in [-0.25, -0.2) is 9.67 Å². The normalized spacial score (nSPS) is 11.5. The topological polar surface area (TPSA) is 35.6 Å². The minimum Gasteiger partial charge on any atom is -0.309 e. The van der Waals surface area contributed by atoms with Crippen LogP contribution in [0.3, 0.4) is 0 Å². The van der Waals surface area contributed by atoms with Gasteiger partial charge >= 0.3 is 0 Å². The van der Waals surface area contributed by atoms with Crippen LogP contribution in [0.1, 0.15) is 0 Å². The highest BCUT2D eigenvalue weighted by Gasteiger charge is 2.19. The first-order valence-electron chi connectivity index (χ1n) is 21.1. The van der Waals surface area contributed by atoms with Gasteiger partial charge in [-0.1, -0.05) is 176 Å².